The molecule has 9 nitrogen and oxygen atoms in total. The molecule has 0 aliphatic rings. The van der Waals surface area contributed by atoms with Gasteiger partial charge in [0.25, 0.3) is 11.8 Å². The molecule has 0 spiro atoms. The number of thiocarbonyl (C=S) groups is 2. The van der Waals surface area contributed by atoms with Gasteiger partial charge in [-0.1, -0.05) is 11.3 Å². The van der Waals surface area contributed by atoms with Crippen molar-refractivity contribution in [3.05, 3.63) is 77.9 Å². The summed E-state index contributed by atoms with van der Waals surface area (Å²) < 4.78 is 12.1. The molecule has 0 atom stereocenters. The highest BCUT2D eigenvalue weighted by molar-refractivity contribution is 7.80. The van der Waals surface area contributed by atoms with Gasteiger partial charge in [0.1, 0.15) is 11.5 Å². The summed E-state index contributed by atoms with van der Waals surface area (Å²) >= 11 is 12.0. The molecule has 4 rings (SSSR count). The fourth-order valence-electron chi connectivity index (χ4n) is 3.61. The Morgan fingerprint density at radius 2 is 1.22 bits per heavy atom. The van der Waals surface area contributed by atoms with Crippen molar-refractivity contribution in [2.75, 3.05) is 10.6 Å². The number of thiazole rings is 1. The van der Waals surface area contributed by atoms with E-state index in [1.165, 1.54) is 11.3 Å². The van der Waals surface area contributed by atoms with Gasteiger partial charge in [-0.15, -0.1) is 0 Å². The fourth-order valence-corrected chi connectivity index (χ4v) is 4.99. The van der Waals surface area contributed by atoms with Crippen LogP contribution in [0.4, 0.5) is 10.8 Å². The standard InChI is InChI=1S/C29H29N5O4S3/c1-16(2)37-21-10-5-18(6-11-21)25(35)32-27(39)30-20-9-14-23-24(15-20)41-29(31-23)34-28(40)33-26(36)19-7-12-22(13-8-19)38-17(3)4/h5-17H,1-4H3,(H2,30,32,35,39)(H2,31,33,34,36,40). The van der Waals surface area contributed by atoms with Crippen LogP contribution in [0.5, 0.6) is 11.5 Å². The molecule has 4 N–H and O–H groups in total. The Morgan fingerprint density at radius 3 is 1.71 bits per heavy atom. The van der Waals surface area contributed by atoms with Crippen molar-refractivity contribution in [1.82, 2.24) is 15.6 Å². The molecule has 0 bridgehead atoms. The summed E-state index contributed by atoms with van der Waals surface area (Å²) in [5.41, 5.74) is 2.32. The Labute approximate surface area is 252 Å². The molecule has 0 radical (unpaired) electrons. The predicted octanol–water partition coefficient (Wildman–Crippen LogP) is 6.12. The molecule has 0 aliphatic heterocycles. The van der Waals surface area contributed by atoms with Crippen LogP contribution in [0.2, 0.25) is 0 Å². The first kappa shape index (κ1) is 29.8. The van der Waals surface area contributed by atoms with E-state index in [1.807, 2.05) is 39.8 Å². The molecule has 0 saturated carbocycles. The summed E-state index contributed by atoms with van der Waals surface area (Å²) in [5.74, 6) is 0.696. The van der Waals surface area contributed by atoms with E-state index in [0.29, 0.717) is 33.4 Å². The first-order chi connectivity index (χ1) is 19.5. The molecule has 4 aromatic rings. The second-order valence-electron chi connectivity index (χ2n) is 9.40. The third-order valence-electron chi connectivity index (χ3n) is 5.30. The van der Waals surface area contributed by atoms with Crippen LogP contribution in [-0.4, -0.2) is 39.2 Å². The minimum Gasteiger partial charge on any atom is -0.491 e. The van der Waals surface area contributed by atoms with Crippen LogP contribution in [0.15, 0.2) is 66.7 Å². The quantitative estimate of drug-likeness (QED) is 0.176. The largest absolute Gasteiger partial charge is 0.491 e. The van der Waals surface area contributed by atoms with Crippen LogP contribution in [0.1, 0.15) is 48.4 Å². The van der Waals surface area contributed by atoms with Crippen molar-refractivity contribution in [3.63, 3.8) is 0 Å². The molecular weight excluding hydrogens is 579 g/mol. The molecule has 1 heterocycles. The van der Waals surface area contributed by atoms with Crippen molar-refractivity contribution in [2.45, 2.75) is 39.9 Å². The first-order valence-corrected chi connectivity index (χ1v) is 14.4. The number of amides is 2. The molecule has 1 aromatic heterocycles. The van der Waals surface area contributed by atoms with Crippen LogP contribution in [0.3, 0.4) is 0 Å². The third-order valence-corrected chi connectivity index (χ3v) is 6.64. The average Bonchev–Trinajstić information content (AvgIpc) is 3.30. The maximum atomic E-state index is 12.6. The lowest BCUT2D eigenvalue weighted by atomic mass is 10.2. The number of hydrogen-bond donors (Lipinski definition) is 4. The van der Waals surface area contributed by atoms with E-state index in [1.54, 1.807) is 54.6 Å². The lowest BCUT2D eigenvalue weighted by Crippen LogP contribution is -2.34. The van der Waals surface area contributed by atoms with Gasteiger partial charge in [0, 0.05) is 16.8 Å². The van der Waals surface area contributed by atoms with Crippen molar-refractivity contribution >= 4 is 78.8 Å². The van der Waals surface area contributed by atoms with Gasteiger partial charge in [-0.2, -0.15) is 0 Å². The number of hydrogen-bond acceptors (Lipinski definition) is 8. The Kier molecular flexibility index (Phi) is 9.82. The number of anilines is 2. The molecule has 2 amide bonds. The number of ether oxygens (including phenoxy) is 2. The second kappa shape index (κ2) is 13.5. The Balaban J connectivity index is 1.31. The highest BCUT2D eigenvalue weighted by atomic mass is 32.1. The Morgan fingerprint density at radius 1 is 0.732 bits per heavy atom. The lowest BCUT2D eigenvalue weighted by molar-refractivity contribution is 0.0969. The van der Waals surface area contributed by atoms with Gasteiger partial charge in [-0.25, -0.2) is 4.98 Å². The van der Waals surface area contributed by atoms with Crippen LogP contribution < -0.4 is 30.7 Å². The molecule has 41 heavy (non-hydrogen) atoms. The minimum atomic E-state index is -0.346. The summed E-state index contributed by atoms with van der Waals surface area (Å²) in [5, 5.41) is 12.1. The van der Waals surface area contributed by atoms with Gasteiger partial charge >= 0.3 is 0 Å². The zero-order valence-electron chi connectivity index (χ0n) is 22.8. The SMILES string of the molecule is CC(C)Oc1ccc(C(=O)NC(=S)Nc2ccc3nc(NC(=S)NC(=O)c4ccc(OC(C)C)cc4)sc3c2)cc1. The summed E-state index contributed by atoms with van der Waals surface area (Å²) in [6.07, 6.45) is 0.0921. The third kappa shape index (κ3) is 8.68. The monoisotopic (exact) mass is 607 g/mol. The maximum absolute atomic E-state index is 12.6. The fraction of sp³-hybridized carbons (Fsp3) is 0.207. The topological polar surface area (TPSA) is 114 Å². The minimum absolute atomic E-state index is 0.0451. The molecule has 0 aliphatic carbocycles. The number of carbonyl (C=O) groups is 2. The van der Waals surface area contributed by atoms with Gasteiger partial charge < -0.3 is 20.1 Å². The van der Waals surface area contributed by atoms with E-state index < -0.39 is 0 Å². The van der Waals surface area contributed by atoms with Crippen LogP contribution in [0.25, 0.3) is 10.2 Å². The number of nitrogens with zero attached hydrogens (tertiary/aromatic N) is 1. The van der Waals surface area contributed by atoms with E-state index in [2.05, 4.69) is 26.3 Å². The van der Waals surface area contributed by atoms with Gasteiger partial charge in [0.2, 0.25) is 0 Å². The zero-order chi connectivity index (χ0) is 29.5. The van der Waals surface area contributed by atoms with Gasteiger partial charge in [-0.05, 0) is 119 Å². The highest BCUT2D eigenvalue weighted by Crippen LogP contribution is 2.28. The number of nitrogens with one attached hydrogen (secondary N) is 4. The van der Waals surface area contributed by atoms with E-state index >= 15 is 0 Å². The smallest absolute Gasteiger partial charge is 0.257 e. The Hall–Kier alpha value is -4.13. The molecule has 3 aromatic carbocycles. The van der Waals surface area contributed by atoms with E-state index in [4.69, 9.17) is 33.9 Å². The average molecular weight is 608 g/mol. The molecule has 12 heteroatoms. The van der Waals surface area contributed by atoms with E-state index in [0.717, 1.165) is 10.2 Å². The van der Waals surface area contributed by atoms with Gasteiger partial charge in [0.15, 0.2) is 15.4 Å². The van der Waals surface area contributed by atoms with Crippen molar-refractivity contribution in [3.8, 4) is 11.5 Å². The zero-order valence-corrected chi connectivity index (χ0v) is 25.3. The predicted molar refractivity (Wildman–Crippen MR) is 171 cm³/mol. The summed E-state index contributed by atoms with van der Waals surface area (Å²) in [4.78, 5) is 29.7. The van der Waals surface area contributed by atoms with E-state index in [9.17, 15) is 9.59 Å². The number of fused-ring (bicyclic) bond motifs is 1. The van der Waals surface area contributed by atoms with Crippen molar-refractivity contribution in [1.29, 1.82) is 0 Å². The number of benzene rings is 3. The number of rotatable bonds is 8. The van der Waals surface area contributed by atoms with E-state index in [-0.39, 0.29) is 34.2 Å². The summed E-state index contributed by atoms with van der Waals surface area (Å²) in [7, 11) is 0. The van der Waals surface area contributed by atoms with Crippen LogP contribution in [-0.2, 0) is 0 Å². The molecular formula is C29H29N5O4S3. The summed E-state index contributed by atoms with van der Waals surface area (Å²) in [6, 6.07) is 19.1. The number of aromatic nitrogens is 1. The molecule has 212 valence electrons. The maximum Gasteiger partial charge on any atom is 0.257 e. The normalized spacial score (nSPS) is 10.8. The lowest BCUT2D eigenvalue weighted by Gasteiger charge is -2.11. The summed E-state index contributed by atoms with van der Waals surface area (Å²) in [6.45, 7) is 7.74. The Bertz CT molecular complexity index is 1490. The van der Waals surface area contributed by atoms with Crippen LogP contribution in [0, 0.1) is 0 Å². The van der Waals surface area contributed by atoms with Gasteiger partial charge in [0.05, 0.1) is 22.4 Å². The van der Waals surface area contributed by atoms with Crippen LogP contribution >= 0.6 is 35.8 Å². The molecule has 0 saturated heterocycles. The molecule has 0 unspecified atom stereocenters. The van der Waals surface area contributed by atoms with Crippen molar-refractivity contribution < 1.29 is 19.1 Å². The number of carbonyl (C=O) groups excluding carboxylic acids is 2. The van der Waals surface area contributed by atoms with Crippen molar-refractivity contribution in [2.24, 2.45) is 0 Å². The highest BCUT2D eigenvalue weighted by Gasteiger charge is 2.13. The first-order valence-electron chi connectivity index (χ1n) is 12.7. The second-order valence-corrected chi connectivity index (χ2v) is 11.2. The molecule has 0 fully saturated rings. The van der Waals surface area contributed by atoms with Gasteiger partial charge in [-0.3, -0.25) is 20.2 Å².